The second-order valence-electron chi connectivity index (χ2n) is 6.50. The fraction of sp³-hybridized carbons (Fsp3) is 0.500. The van der Waals surface area contributed by atoms with E-state index in [1.165, 1.54) is 12.0 Å². The summed E-state index contributed by atoms with van der Waals surface area (Å²) in [6.07, 6.45) is -0.863. The van der Waals surface area contributed by atoms with Gasteiger partial charge in [-0.05, 0) is 39.0 Å². The fourth-order valence-corrected chi connectivity index (χ4v) is 3.18. The van der Waals surface area contributed by atoms with Crippen LogP contribution in [0.2, 0.25) is 5.02 Å². The van der Waals surface area contributed by atoms with Crippen LogP contribution in [0.1, 0.15) is 27.2 Å². The number of carbonyl (C=O) groups excluding carboxylic acids is 1. The highest BCUT2D eigenvalue weighted by Crippen LogP contribution is 2.33. The molecule has 1 N–H and O–H groups in total. The van der Waals surface area contributed by atoms with Gasteiger partial charge in [0.25, 0.3) is 0 Å². The van der Waals surface area contributed by atoms with Gasteiger partial charge in [0.2, 0.25) is 5.91 Å². The maximum Gasteiger partial charge on any atom is 0.408 e. The number of benzene rings is 1. The molecular weight excluding hydrogens is 320 g/mol. The van der Waals surface area contributed by atoms with Crippen molar-refractivity contribution in [2.45, 2.75) is 38.8 Å². The van der Waals surface area contributed by atoms with Gasteiger partial charge >= 0.3 is 6.09 Å². The van der Waals surface area contributed by atoms with E-state index in [1.807, 2.05) is 20.8 Å². The highest BCUT2D eigenvalue weighted by Gasteiger charge is 2.41. The van der Waals surface area contributed by atoms with Crippen LogP contribution in [-0.4, -0.2) is 47.2 Å². The lowest BCUT2D eigenvalue weighted by Gasteiger charge is -2.37. The van der Waals surface area contributed by atoms with Crippen molar-refractivity contribution in [2.75, 3.05) is 18.6 Å². The van der Waals surface area contributed by atoms with Gasteiger partial charge in [-0.3, -0.25) is 9.69 Å². The van der Waals surface area contributed by atoms with Crippen LogP contribution in [0.4, 0.5) is 10.5 Å². The van der Waals surface area contributed by atoms with Gasteiger partial charge in [0, 0.05) is 24.2 Å². The van der Waals surface area contributed by atoms with Crippen molar-refractivity contribution >= 4 is 29.3 Å². The van der Waals surface area contributed by atoms with E-state index in [0.717, 1.165) is 0 Å². The zero-order chi connectivity index (χ0) is 17.4. The first-order chi connectivity index (χ1) is 10.6. The molecule has 1 aliphatic rings. The number of amides is 2. The lowest BCUT2D eigenvalue weighted by atomic mass is 10.0. The van der Waals surface area contributed by atoms with Gasteiger partial charge in [-0.15, -0.1) is 0 Å². The molecular formula is C16H21ClN2O4. The molecule has 1 aromatic carbocycles. The third kappa shape index (κ3) is 3.52. The molecule has 23 heavy (non-hydrogen) atoms. The van der Waals surface area contributed by atoms with Gasteiger partial charge in [-0.2, -0.15) is 0 Å². The number of hydrogen-bond donors (Lipinski definition) is 1. The van der Waals surface area contributed by atoms with E-state index >= 15 is 0 Å². The van der Waals surface area contributed by atoms with Crippen LogP contribution in [0, 0.1) is 0 Å². The molecule has 1 atom stereocenters. The number of rotatable bonds is 3. The largest absolute Gasteiger partial charge is 0.495 e. The van der Waals surface area contributed by atoms with Gasteiger partial charge in [-0.25, -0.2) is 4.79 Å². The summed E-state index contributed by atoms with van der Waals surface area (Å²) in [5.74, 6) is 0.409. The van der Waals surface area contributed by atoms with Crippen molar-refractivity contribution in [3.05, 3.63) is 23.2 Å². The molecule has 1 aromatic rings. The molecule has 126 valence electrons. The van der Waals surface area contributed by atoms with Crippen LogP contribution in [0.5, 0.6) is 5.75 Å². The van der Waals surface area contributed by atoms with E-state index in [4.69, 9.17) is 16.3 Å². The van der Waals surface area contributed by atoms with Crippen LogP contribution in [0.25, 0.3) is 0 Å². The molecule has 1 fully saturated rings. The third-order valence-corrected chi connectivity index (χ3v) is 4.14. The Bertz CT molecular complexity index is 627. The number of ether oxygens (including phenoxy) is 1. The van der Waals surface area contributed by atoms with Crippen LogP contribution in [0.3, 0.4) is 0 Å². The van der Waals surface area contributed by atoms with Gasteiger partial charge in [-0.1, -0.05) is 11.6 Å². The predicted octanol–water partition coefficient (Wildman–Crippen LogP) is 3.23. The van der Waals surface area contributed by atoms with Crippen LogP contribution in [0.15, 0.2) is 18.2 Å². The minimum absolute atomic E-state index is 0.119. The summed E-state index contributed by atoms with van der Waals surface area (Å²) in [4.78, 5) is 26.8. The summed E-state index contributed by atoms with van der Waals surface area (Å²) in [7, 11) is 1.52. The lowest BCUT2D eigenvalue weighted by Crippen LogP contribution is -2.52. The Labute approximate surface area is 140 Å². The topological polar surface area (TPSA) is 70.1 Å². The number of hydrogen-bond acceptors (Lipinski definition) is 3. The minimum atomic E-state index is -1.02. The Kier molecular flexibility index (Phi) is 4.75. The first kappa shape index (κ1) is 17.4. The van der Waals surface area contributed by atoms with Crippen molar-refractivity contribution in [3.63, 3.8) is 0 Å². The Hall–Kier alpha value is -1.95. The van der Waals surface area contributed by atoms with Gasteiger partial charge in [0.15, 0.2) is 0 Å². The molecule has 1 aliphatic heterocycles. The smallest absolute Gasteiger partial charge is 0.408 e. The number of anilines is 1. The second-order valence-corrected chi connectivity index (χ2v) is 6.91. The molecule has 0 aromatic heterocycles. The molecule has 0 aliphatic carbocycles. The normalized spacial score (nSPS) is 18.2. The quantitative estimate of drug-likeness (QED) is 0.917. The molecule has 0 bridgehead atoms. The summed E-state index contributed by atoms with van der Waals surface area (Å²) in [6.45, 7) is 5.76. The van der Waals surface area contributed by atoms with E-state index in [9.17, 15) is 14.7 Å². The zero-order valence-corrected chi connectivity index (χ0v) is 14.4. The van der Waals surface area contributed by atoms with Crippen LogP contribution < -0.4 is 9.64 Å². The van der Waals surface area contributed by atoms with E-state index < -0.39 is 11.6 Å². The monoisotopic (exact) mass is 340 g/mol. The molecule has 2 amide bonds. The van der Waals surface area contributed by atoms with E-state index in [-0.39, 0.29) is 18.4 Å². The zero-order valence-electron chi connectivity index (χ0n) is 13.7. The van der Waals surface area contributed by atoms with Crippen molar-refractivity contribution in [1.82, 2.24) is 4.90 Å². The number of nitrogens with zero attached hydrogens (tertiary/aromatic N) is 2. The molecule has 0 saturated carbocycles. The summed E-state index contributed by atoms with van der Waals surface area (Å²) < 4.78 is 5.10. The molecule has 2 rings (SSSR count). The standard InChI is InChI=1S/C16H21ClN2O4/c1-16(2,3)19(15(21)22)11-8-14(20)18(9-11)10-5-6-13(23-4)12(17)7-10/h5-7,11H,8-9H2,1-4H3,(H,21,22). The maximum absolute atomic E-state index is 12.3. The first-order valence-corrected chi connectivity index (χ1v) is 7.69. The summed E-state index contributed by atoms with van der Waals surface area (Å²) >= 11 is 6.11. The molecule has 1 saturated heterocycles. The molecule has 1 unspecified atom stereocenters. The Morgan fingerprint density at radius 1 is 1.43 bits per heavy atom. The van der Waals surface area contributed by atoms with Crippen LogP contribution >= 0.6 is 11.6 Å². The van der Waals surface area contributed by atoms with E-state index in [1.54, 1.807) is 23.1 Å². The highest BCUT2D eigenvalue weighted by molar-refractivity contribution is 6.32. The van der Waals surface area contributed by atoms with Crippen molar-refractivity contribution in [3.8, 4) is 5.75 Å². The Balaban J connectivity index is 2.26. The molecule has 0 spiro atoms. The first-order valence-electron chi connectivity index (χ1n) is 7.31. The predicted molar refractivity (Wildman–Crippen MR) is 88.4 cm³/mol. The fourth-order valence-electron chi connectivity index (χ4n) is 2.93. The van der Waals surface area contributed by atoms with Gasteiger partial charge in [0.1, 0.15) is 5.75 Å². The number of carboxylic acid groups (broad SMARTS) is 1. The van der Waals surface area contributed by atoms with Crippen molar-refractivity contribution in [1.29, 1.82) is 0 Å². The van der Waals surface area contributed by atoms with Crippen LogP contribution in [-0.2, 0) is 4.79 Å². The van der Waals surface area contributed by atoms with E-state index in [0.29, 0.717) is 23.0 Å². The van der Waals surface area contributed by atoms with Crippen molar-refractivity contribution in [2.24, 2.45) is 0 Å². The Morgan fingerprint density at radius 3 is 2.57 bits per heavy atom. The molecule has 6 nitrogen and oxygen atoms in total. The Morgan fingerprint density at radius 2 is 2.09 bits per heavy atom. The number of halogens is 1. The second kappa shape index (κ2) is 6.28. The van der Waals surface area contributed by atoms with Gasteiger partial charge in [0.05, 0.1) is 18.2 Å². The number of carbonyl (C=O) groups is 2. The van der Waals surface area contributed by atoms with E-state index in [2.05, 4.69) is 0 Å². The maximum atomic E-state index is 12.3. The average Bonchev–Trinajstić information content (AvgIpc) is 2.77. The third-order valence-electron chi connectivity index (χ3n) is 3.85. The number of methoxy groups -OCH3 is 1. The molecule has 1 heterocycles. The highest BCUT2D eigenvalue weighted by atomic mass is 35.5. The average molecular weight is 341 g/mol. The minimum Gasteiger partial charge on any atom is -0.495 e. The summed E-state index contributed by atoms with van der Waals surface area (Å²) in [5, 5.41) is 9.89. The molecule has 0 radical (unpaired) electrons. The van der Waals surface area contributed by atoms with Gasteiger partial charge < -0.3 is 14.7 Å². The SMILES string of the molecule is COc1ccc(N2CC(N(C(=O)O)C(C)(C)C)CC2=O)cc1Cl. The molecule has 7 heteroatoms. The summed E-state index contributed by atoms with van der Waals surface area (Å²) in [5.41, 5.74) is 0.0622. The van der Waals surface area contributed by atoms with Crippen molar-refractivity contribution < 1.29 is 19.4 Å². The lowest BCUT2D eigenvalue weighted by molar-refractivity contribution is -0.117. The summed E-state index contributed by atoms with van der Waals surface area (Å²) in [6, 6.07) is 4.70.